The first-order valence-corrected chi connectivity index (χ1v) is 13.1. The van der Waals surface area contributed by atoms with E-state index < -0.39 is 14.3 Å². The third-order valence-corrected chi connectivity index (χ3v) is 11.4. The molecule has 4 atom stereocenters. The van der Waals surface area contributed by atoms with Crippen molar-refractivity contribution >= 4 is 14.3 Å². The van der Waals surface area contributed by atoms with Crippen LogP contribution in [0.4, 0.5) is 0 Å². The molecule has 5 heteroatoms. The molecule has 4 unspecified atom stereocenters. The van der Waals surface area contributed by atoms with Crippen LogP contribution in [0.25, 0.3) is 0 Å². The van der Waals surface area contributed by atoms with Crippen molar-refractivity contribution in [3.8, 4) is 0 Å². The number of carboxylic acid groups (broad SMARTS) is 1. The first kappa shape index (κ1) is 20.6. The van der Waals surface area contributed by atoms with E-state index in [0.29, 0.717) is 12.1 Å². The highest BCUT2D eigenvalue weighted by molar-refractivity contribution is 6.74. The van der Waals surface area contributed by atoms with E-state index in [4.69, 9.17) is 4.43 Å². The lowest BCUT2D eigenvalue weighted by Gasteiger charge is -2.43. The Balaban J connectivity index is 1.79. The summed E-state index contributed by atoms with van der Waals surface area (Å²) in [4.78, 5) is 13.7. The van der Waals surface area contributed by atoms with E-state index in [0.717, 1.165) is 25.8 Å². The van der Waals surface area contributed by atoms with E-state index >= 15 is 0 Å². The Morgan fingerprint density at radius 2 is 1.85 bits per heavy atom. The summed E-state index contributed by atoms with van der Waals surface area (Å²) >= 11 is 0. The molecule has 0 spiro atoms. The molecule has 0 aliphatic carbocycles. The van der Waals surface area contributed by atoms with E-state index in [-0.39, 0.29) is 23.5 Å². The zero-order valence-electron chi connectivity index (χ0n) is 17.4. The Labute approximate surface area is 165 Å². The lowest BCUT2D eigenvalue weighted by atomic mass is 9.88. The van der Waals surface area contributed by atoms with Crippen molar-refractivity contribution in [2.75, 3.05) is 0 Å². The maximum atomic E-state index is 11.2. The zero-order chi connectivity index (χ0) is 19.8. The van der Waals surface area contributed by atoms with E-state index in [1.54, 1.807) is 0 Å². The van der Waals surface area contributed by atoms with Gasteiger partial charge in [-0.3, -0.25) is 4.90 Å². The minimum absolute atomic E-state index is 0.179. The average molecular weight is 389 g/mol. The monoisotopic (exact) mass is 388 g/mol. The van der Waals surface area contributed by atoms with Gasteiger partial charge in [0.25, 0.3) is 0 Å². The van der Waals surface area contributed by atoms with Crippen LogP contribution in [0, 0.1) is 5.92 Å². The fraction of sp³-hybridized carbons (Fsp3) is 0.682. The number of benzene rings is 1. The molecule has 1 aromatic rings. The third kappa shape index (κ3) is 4.64. The fourth-order valence-electron chi connectivity index (χ4n) is 4.51. The minimum Gasteiger partial charge on any atom is -0.550 e. The lowest BCUT2D eigenvalue weighted by Crippen LogP contribution is -2.49. The fourth-order valence-corrected chi connectivity index (χ4v) is 5.87. The number of nitrogens with zero attached hydrogens (tertiary/aromatic N) is 1. The predicted octanol–water partition coefficient (Wildman–Crippen LogP) is 3.57. The Morgan fingerprint density at radius 3 is 2.44 bits per heavy atom. The van der Waals surface area contributed by atoms with Crippen molar-refractivity contribution in [3.63, 3.8) is 0 Å². The van der Waals surface area contributed by atoms with E-state index in [9.17, 15) is 9.90 Å². The smallest absolute Gasteiger partial charge is 0.192 e. The van der Waals surface area contributed by atoms with Crippen LogP contribution in [0.15, 0.2) is 30.3 Å². The molecule has 27 heavy (non-hydrogen) atoms. The second kappa shape index (κ2) is 7.68. The molecule has 0 saturated carbocycles. The highest BCUT2D eigenvalue weighted by atomic mass is 28.4. The molecule has 150 valence electrons. The Bertz CT molecular complexity index is 655. The number of piperidine rings is 1. The molecule has 2 saturated heterocycles. The first-order chi connectivity index (χ1) is 12.6. The molecule has 1 aromatic carbocycles. The van der Waals surface area contributed by atoms with Crippen LogP contribution < -0.4 is 5.11 Å². The highest BCUT2D eigenvalue weighted by Crippen LogP contribution is 2.45. The number of aliphatic carboxylic acids is 1. The van der Waals surface area contributed by atoms with Crippen molar-refractivity contribution in [2.24, 2.45) is 5.92 Å². The molecule has 0 radical (unpaired) electrons. The molecule has 2 aliphatic rings. The predicted molar refractivity (Wildman–Crippen MR) is 109 cm³/mol. The van der Waals surface area contributed by atoms with Gasteiger partial charge in [-0.25, -0.2) is 0 Å². The summed E-state index contributed by atoms with van der Waals surface area (Å²) in [5.74, 6) is -0.706. The standard InChI is InChI=1S/C22H35NO3Si/c1-22(2,3)27(4,5)26-20-14-18-11-17(13-21(24)25)12-19(20)23(18)15-16-9-7-6-8-10-16/h6-10,17-20H,11-15H2,1-5H3,(H,24,25)/p-1. The van der Waals surface area contributed by atoms with Gasteiger partial charge in [0.15, 0.2) is 8.32 Å². The number of rotatable bonds is 6. The van der Waals surface area contributed by atoms with Crippen molar-refractivity contribution in [3.05, 3.63) is 35.9 Å². The SMILES string of the molecule is CC(C)(C)[Si](C)(C)OC1CC2CC(CC(=O)[O-])CC1N2Cc1ccccc1. The Morgan fingerprint density at radius 1 is 1.19 bits per heavy atom. The Kier molecular flexibility index (Phi) is 5.85. The summed E-state index contributed by atoms with van der Waals surface area (Å²) in [5.41, 5.74) is 1.32. The van der Waals surface area contributed by atoms with Gasteiger partial charge < -0.3 is 14.3 Å². The minimum atomic E-state index is -1.86. The average Bonchev–Trinajstić information content (AvgIpc) is 2.73. The van der Waals surface area contributed by atoms with Gasteiger partial charge in [0, 0.05) is 24.6 Å². The van der Waals surface area contributed by atoms with Crippen LogP contribution in [-0.2, 0) is 15.8 Å². The summed E-state index contributed by atoms with van der Waals surface area (Å²) in [7, 11) is -1.86. The number of carbonyl (C=O) groups is 1. The summed E-state index contributed by atoms with van der Waals surface area (Å²) in [5, 5.41) is 11.3. The normalized spacial score (nSPS) is 29.1. The number of hydrogen-bond acceptors (Lipinski definition) is 4. The van der Waals surface area contributed by atoms with Gasteiger partial charge in [0.1, 0.15) is 0 Å². The number of carbonyl (C=O) groups excluding carboxylic acids is 1. The summed E-state index contributed by atoms with van der Waals surface area (Å²) < 4.78 is 6.83. The van der Waals surface area contributed by atoms with Crippen molar-refractivity contribution in [1.29, 1.82) is 0 Å². The van der Waals surface area contributed by atoms with Gasteiger partial charge in [-0.2, -0.15) is 0 Å². The van der Waals surface area contributed by atoms with Gasteiger partial charge in [-0.05, 0) is 55.3 Å². The molecule has 0 N–H and O–H groups in total. The maximum Gasteiger partial charge on any atom is 0.192 e. The Hall–Kier alpha value is -1.17. The van der Waals surface area contributed by atoms with Crippen LogP contribution in [0.5, 0.6) is 0 Å². The highest BCUT2D eigenvalue weighted by Gasteiger charge is 2.50. The van der Waals surface area contributed by atoms with Crippen LogP contribution >= 0.6 is 0 Å². The van der Waals surface area contributed by atoms with E-state index in [1.807, 2.05) is 6.07 Å². The van der Waals surface area contributed by atoms with Crippen LogP contribution in [0.2, 0.25) is 18.1 Å². The van der Waals surface area contributed by atoms with Crippen LogP contribution in [0.3, 0.4) is 0 Å². The second-order valence-electron chi connectivity index (χ2n) is 9.94. The molecule has 0 aromatic heterocycles. The molecule has 2 heterocycles. The molecule has 2 bridgehead atoms. The maximum absolute atomic E-state index is 11.2. The topological polar surface area (TPSA) is 52.6 Å². The largest absolute Gasteiger partial charge is 0.550 e. The molecular formula is C22H34NO3Si-. The van der Waals surface area contributed by atoms with Gasteiger partial charge >= 0.3 is 0 Å². The summed E-state index contributed by atoms with van der Waals surface area (Å²) in [6.45, 7) is 12.4. The van der Waals surface area contributed by atoms with Crippen molar-refractivity contribution in [1.82, 2.24) is 4.90 Å². The van der Waals surface area contributed by atoms with Gasteiger partial charge in [-0.1, -0.05) is 51.1 Å². The first-order valence-electron chi connectivity index (χ1n) is 10.2. The number of carboxylic acids is 1. The molecular weight excluding hydrogens is 354 g/mol. The lowest BCUT2D eigenvalue weighted by molar-refractivity contribution is -0.307. The zero-order valence-corrected chi connectivity index (χ0v) is 18.4. The molecule has 2 aliphatic heterocycles. The molecule has 3 rings (SSSR count). The molecule has 2 fully saturated rings. The van der Waals surface area contributed by atoms with Crippen molar-refractivity contribution in [2.45, 2.75) is 89.3 Å². The van der Waals surface area contributed by atoms with Gasteiger partial charge in [0.2, 0.25) is 0 Å². The van der Waals surface area contributed by atoms with E-state index in [1.165, 1.54) is 5.56 Å². The number of hydrogen-bond donors (Lipinski definition) is 0. The van der Waals surface area contributed by atoms with E-state index in [2.05, 4.69) is 63.0 Å². The molecule has 0 amide bonds. The van der Waals surface area contributed by atoms with Gasteiger partial charge in [0.05, 0.1) is 6.10 Å². The van der Waals surface area contributed by atoms with Gasteiger partial charge in [-0.15, -0.1) is 0 Å². The van der Waals surface area contributed by atoms with Crippen molar-refractivity contribution < 1.29 is 14.3 Å². The van der Waals surface area contributed by atoms with Crippen LogP contribution in [0.1, 0.15) is 52.0 Å². The third-order valence-electron chi connectivity index (χ3n) is 6.92. The second-order valence-corrected chi connectivity index (χ2v) is 14.7. The summed E-state index contributed by atoms with van der Waals surface area (Å²) in [6, 6.07) is 11.3. The number of fused-ring (bicyclic) bond motifs is 2. The quantitative estimate of drug-likeness (QED) is 0.699. The molecule has 4 nitrogen and oxygen atoms in total. The van der Waals surface area contributed by atoms with Crippen LogP contribution in [-0.4, -0.2) is 37.4 Å². The summed E-state index contributed by atoms with van der Waals surface area (Å²) in [6.07, 6.45) is 3.25.